The minimum absolute atomic E-state index is 0.0945. The van der Waals surface area contributed by atoms with Crippen LogP contribution in [0.5, 0.6) is 0 Å². The summed E-state index contributed by atoms with van der Waals surface area (Å²) >= 11 is 1.36. The molecule has 23 heavy (non-hydrogen) atoms. The van der Waals surface area contributed by atoms with Gasteiger partial charge in [0.1, 0.15) is 0 Å². The van der Waals surface area contributed by atoms with E-state index in [1.165, 1.54) is 11.3 Å². The molecule has 0 bridgehead atoms. The van der Waals surface area contributed by atoms with Crippen LogP contribution in [0.15, 0.2) is 35.7 Å². The Labute approximate surface area is 139 Å². The maximum Gasteiger partial charge on any atom is 0.230 e. The van der Waals surface area contributed by atoms with Crippen molar-refractivity contribution in [3.05, 3.63) is 47.0 Å². The highest BCUT2D eigenvalue weighted by atomic mass is 32.1. The van der Waals surface area contributed by atoms with Crippen molar-refractivity contribution < 1.29 is 9.59 Å². The number of carbonyl (C=O) groups excluding carboxylic acids is 2. The SMILES string of the molecule is O=C(Cc1ccccc1)Nc1nc(CC(=O)N2CCCC2)cs1. The maximum atomic E-state index is 12.1. The van der Waals surface area contributed by atoms with Crippen LogP contribution in [0.2, 0.25) is 0 Å². The topological polar surface area (TPSA) is 62.3 Å². The number of anilines is 1. The van der Waals surface area contributed by atoms with E-state index in [0.29, 0.717) is 18.0 Å². The van der Waals surface area contributed by atoms with Crippen molar-refractivity contribution in [2.45, 2.75) is 25.7 Å². The van der Waals surface area contributed by atoms with E-state index in [9.17, 15) is 9.59 Å². The fourth-order valence-electron chi connectivity index (χ4n) is 2.62. The molecule has 1 fully saturated rings. The number of hydrogen-bond acceptors (Lipinski definition) is 4. The van der Waals surface area contributed by atoms with Crippen molar-refractivity contribution in [1.82, 2.24) is 9.88 Å². The first-order chi connectivity index (χ1) is 11.2. The van der Waals surface area contributed by atoms with Crippen LogP contribution in [-0.2, 0) is 22.4 Å². The van der Waals surface area contributed by atoms with Gasteiger partial charge in [-0.25, -0.2) is 4.98 Å². The highest BCUT2D eigenvalue weighted by molar-refractivity contribution is 7.13. The lowest BCUT2D eigenvalue weighted by Gasteiger charge is -2.13. The van der Waals surface area contributed by atoms with Crippen LogP contribution >= 0.6 is 11.3 Å². The van der Waals surface area contributed by atoms with Crippen molar-refractivity contribution in [1.29, 1.82) is 0 Å². The number of nitrogens with zero attached hydrogens (tertiary/aromatic N) is 2. The number of likely N-dealkylation sites (tertiary alicyclic amines) is 1. The average Bonchev–Trinajstić information content (AvgIpc) is 3.20. The van der Waals surface area contributed by atoms with Gasteiger partial charge in [-0.1, -0.05) is 30.3 Å². The Kier molecular flexibility index (Phi) is 5.02. The van der Waals surface area contributed by atoms with Gasteiger partial charge in [-0.3, -0.25) is 9.59 Å². The normalized spacial score (nSPS) is 14.0. The van der Waals surface area contributed by atoms with Gasteiger partial charge < -0.3 is 10.2 Å². The lowest BCUT2D eigenvalue weighted by molar-refractivity contribution is -0.129. The number of thiazole rings is 1. The van der Waals surface area contributed by atoms with E-state index in [2.05, 4.69) is 10.3 Å². The van der Waals surface area contributed by atoms with E-state index < -0.39 is 0 Å². The van der Waals surface area contributed by atoms with E-state index in [4.69, 9.17) is 0 Å². The van der Waals surface area contributed by atoms with Crippen molar-refractivity contribution in [3.63, 3.8) is 0 Å². The fraction of sp³-hybridized carbons (Fsp3) is 0.353. The fourth-order valence-corrected chi connectivity index (χ4v) is 3.35. The molecule has 6 heteroatoms. The molecule has 1 saturated heterocycles. The number of rotatable bonds is 5. The minimum atomic E-state index is -0.0945. The van der Waals surface area contributed by atoms with Gasteiger partial charge in [-0.15, -0.1) is 11.3 Å². The quantitative estimate of drug-likeness (QED) is 0.917. The molecule has 0 atom stereocenters. The molecule has 2 amide bonds. The molecule has 1 N–H and O–H groups in total. The standard InChI is InChI=1S/C17H19N3O2S/c21-15(10-13-6-2-1-3-7-13)19-17-18-14(12-23-17)11-16(22)20-8-4-5-9-20/h1-3,6-7,12H,4-5,8-11H2,(H,18,19,21). The summed E-state index contributed by atoms with van der Waals surface area (Å²) in [6, 6.07) is 9.58. The highest BCUT2D eigenvalue weighted by Crippen LogP contribution is 2.18. The van der Waals surface area contributed by atoms with Gasteiger partial charge in [0.15, 0.2) is 5.13 Å². The summed E-state index contributed by atoms with van der Waals surface area (Å²) in [4.78, 5) is 30.3. The predicted octanol–water partition coefficient (Wildman–Crippen LogP) is 2.49. The van der Waals surface area contributed by atoms with E-state index >= 15 is 0 Å². The first-order valence-electron chi connectivity index (χ1n) is 7.76. The van der Waals surface area contributed by atoms with E-state index in [0.717, 1.165) is 37.2 Å². The van der Waals surface area contributed by atoms with Crippen LogP contribution in [-0.4, -0.2) is 34.8 Å². The third kappa shape index (κ3) is 4.39. The van der Waals surface area contributed by atoms with E-state index in [1.807, 2.05) is 40.6 Å². The lowest BCUT2D eigenvalue weighted by atomic mass is 10.1. The first-order valence-corrected chi connectivity index (χ1v) is 8.64. The molecule has 3 rings (SSSR count). The Hall–Kier alpha value is -2.21. The molecule has 5 nitrogen and oxygen atoms in total. The number of benzene rings is 1. The molecule has 0 unspecified atom stereocenters. The van der Waals surface area contributed by atoms with Crippen LogP contribution in [0, 0.1) is 0 Å². The van der Waals surface area contributed by atoms with Gasteiger partial charge in [0.2, 0.25) is 11.8 Å². The summed E-state index contributed by atoms with van der Waals surface area (Å²) in [6.07, 6.45) is 2.81. The summed E-state index contributed by atoms with van der Waals surface area (Å²) in [5.74, 6) is 0.0259. The largest absolute Gasteiger partial charge is 0.342 e. The molecule has 120 valence electrons. The van der Waals surface area contributed by atoms with Crippen LogP contribution in [0.3, 0.4) is 0 Å². The third-order valence-corrected chi connectivity index (χ3v) is 4.60. The van der Waals surface area contributed by atoms with Crippen molar-refractivity contribution in [3.8, 4) is 0 Å². The Morgan fingerprint density at radius 3 is 2.61 bits per heavy atom. The van der Waals surface area contributed by atoms with Crippen molar-refractivity contribution in [2.24, 2.45) is 0 Å². The molecule has 1 aromatic heterocycles. The summed E-state index contributed by atoms with van der Waals surface area (Å²) in [6.45, 7) is 1.70. The second-order valence-electron chi connectivity index (χ2n) is 5.62. The van der Waals surface area contributed by atoms with Gasteiger partial charge in [0.05, 0.1) is 18.5 Å². The van der Waals surface area contributed by atoms with Gasteiger partial charge in [0.25, 0.3) is 0 Å². The maximum absolute atomic E-state index is 12.1. The molecule has 0 radical (unpaired) electrons. The Morgan fingerprint density at radius 1 is 1.13 bits per heavy atom. The second-order valence-corrected chi connectivity index (χ2v) is 6.48. The van der Waals surface area contributed by atoms with E-state index in [-0.39, 0.29) is 11.8 Å². The average molecular weight is 329 g/mol. The van der Waals surface area contributed by atoms with Gasteiger partial charge in [0, 0.05) is 18.5 Å². The van der Waals surface area contributed by atoms with Gasteiger partial charge in [-0.2, -0.15) is 0 Å². The second kappa shape index (κ2) is 7.37. The number of aromatic nitrogens is 1. The summed E-state index contributed by atoms with van der Waals surface area (Å²) in [5.41, 5.74) is 1.69. The van der Waals surface area contributed by atoms with Gasteiger partial charge in [-0.05, 0) is 18.4 Å². The third-order valence-electron chi connectivity index (χ3n) is 3.80. The Morgan fingerprint density at radius 2 is 1.87 bits per heavy atom. The van der Waals surface area contributed by atoms with Crippen LogP contribution in [0.25, 0.3) is 0 Å². The highest BCUT2D eigenvalue weighted by Gasteiger charge is 2.19. The minimum Gasteiger partial charge on any atom is -0.342 e. The number of carbonyl (C=O) groups is 2. The monoisotopic (exact) mass is 329 g/mol. The zero-order chi connectivity index (χ0) is 16.1. The number of amides is 2. The predicted molar refractivity (Wildman–Crippen MR) is 90.4 cm³/mol. The van der Waals surface area contributed by atoms with Crippen molar-refractivity contribution in [2.75, 3.05) is 18.4 Å². The summed E-state index contributed by atoms with van der Waals surface area (Å²) < 4.78 is 0. The lowest BCUT2D eigenvalue weighted by Crippen LogP contribution is -2.29. The Balaban J connectivity index is 1.52. The molecule has 2 aromatic rings. The zero-order valence-electron chi connectivity index (χ0n) is 12.8. The molecule has 0 spiro atoms. The molecule has 1 aliphatic rings. The van der Waals surface area contributed by atoms with Crippen LogP contribution in [0.4, 0.5) is 5.13 Å². The number of hydrogen-bond donors (Lipinski definition) is 1. The number of nitrogens with one attached hydrogen (secondary N) is 1. The Bertz CT molecular complexity index is 678. The van der Waals surface area contributed by atoms with Crippen LogP contribution in [0.1, 0.15) is 24.1 Å². The zero-order valence-corrected chi connectivity index (χ0v) is 13.6. The molecular formula is C17H19N3O2S. The molecule has 1 aromatic carbocycles. The summed E-state index contributed by atoms with van der Waals surface area (Å²) in [5, 5.41) is 5.19. The van der Waals surface area contributed by atoms with Gasteiger partial charge >= 0.3 is 0 Å². The summed E-state index contributed by atoms with van der Waals surface area (Å²) in [7, 11) is 0. The molecule has 2 heterocycles. The van der Waals surface area contributed by atoms with Crippen LogP contribution < -0.4 is 5.32 Å². The molecule has 0 saturated carbocycles. The van der Waals surface area contributed by atoms with Crippen molar-refractivity contribution >= 4 is 28.3 Å². The molecule has 0 aliphatic carbocycles. The molecule has 1 aliphatic heterocycles. The molecular weight excluding hydrogens is 310 g/mol. The van der Waals surface area contributed by atoms with E-state index in [1.54, 1.807) is 0 Å². The smallest absolute Gasteiger partial charge is 0.230 e. The first kappa shape index (κ1) is 15.7.